The second-order valence-electron chi connectivity index (χ2n) is 5.67. The first-order valence-electron chi connectivity index (χ1n) is 7.33. The standard InChI is InChI=1S/C16H19BrFN3/c1-11(13-6-5-12(18)9-14(13)17)20-15-3-2-4-16(15)21-8-7-19-10-21/h5-11,15-16,20H,2-4H2,1H3. The normalized spacial score (nSPS) is 23.4. The van der Waals surface area contributed by atoms with E-state index >= 15 is 0 Å². The Morgan fingerprint density at radius 1 is 1.43 bits per heavy atom. The number of nitrogens with one attached hydrogen (secondary N) is 1. The predicted molar refractivity (Wildman–Crippen MR) is 84.6 cm³/mol. The van der Waals surface area contributed by atoms with Gasteiger partial charge in [-0.3, -0.25) is 0 Å². The van der Waals surface area contributed by atoms with Crippen LogP contribution in [-0.4, -0.2) is 15.6 Å². The van der Waals surface area contributed by atoms with E-state index in [-0.39, 0.29) is 11.9 Å². The lowest BCUT2D eigenvalue weighted by Crippen LogP contribution is -2.35. The summed E-state index contributed by atoms with van der Waals surface area (Å²) in [6, 6.07) is 5.93. The van der Waals surface area contributed by atoms with Crippen molar-refractivity contribution in [1.82, 2.24) is 14.9 Å². The number of imidazole rings is 1. The zero-order valence-corrected chi connectivity index (χ0v) is 13.6. The minimum Gasteiger partial charge on any atom is -0.333 e. The van der Waals surface area contributed by atoms with Crippen LogP contribution in [0.25, 0.3) is 0 Å². The molecule has 1 saturated carbocycles. The molecule has 3 rings (SSSR count). The van der Waals surface area contributed by atoms with Crippen molar-refractivity contribution in [3.05, 3.63) is 52.8 Å². The van der Waals surface area contributed by atoms with Gasteiger partial charge < -0.3 is 9.88 Å². The van der Waals surface area contributed by atoms with E-state index in [1.807, 2.05) is 24.8 Å². The fourth-order valence-electron chi connectivity index (χ4n) is 3.22. The molecule has 0 saturated heterocycles. The Labute approximate surface area is 132 Å². The molecule has 3 unspecified atom stereocenters. The van der Waals surface area contributed by atoms with Crippen LogP contribution in [0.5, 0.6) is 0 Å². The molecule has 1 aliphatic carbocycles. The number of nitrogens with zero attached hydrogens (tertiary/aromatic N) is 2. The van der Waals surface area contributed by atoms with Crippen molar-refractivity contribution in [1.29, 1.82) is 0 Å². The number of hydrogen-bond acceptors (Lipinski definition) is 2. The Bertz CT molecular complexity index is 600. The van der Waals surface area contributed by atoms with Crippen LogP contribution >= 0.6 is 15.9 Å². The second-order valence-corrected chi connectivity index (χ2v) is 6.52. The van der Waals surface area contributed by atoms with Crippen LogP contribution in [-0.2, 0) is 0 Å². The first-order valence-corrected chi connectivity index (χ1v) is 8.13. The summed E-state index contributed by atoms with van der Waals surface area (Å²) in [5.74, 6) is -0.213. The topological polar surface area (TPSA) is 29.9 Å². The molecule has 1 aromatic heterocycles. The van der Waals surface area contributed by atoms with E-state index in [4.69, 9.17) is 0 Å². The first-order chi connectivity index (χ1) is 10.1. The summed E-state index contributed by atoms with van der Waals surface area (Å²) in [5.41, 5.74) is 1.09. The third kappa shape index (κ3) is 3.19. The molecule has 1 N–H and O–H groups in total. The van der Waals surface area contributed by atoms with Crippen LogP contribution in [0.4, 0.5) is 4.39 Å². The predicted octanol–water partition coefficient (Wildman–Crippen LogP) is 4.23. The highest BCUT2D eigenvalue weighted by molar-refractivity contribution is 9.10. The number of halogens is 2. The summed E-state index contributed by atoms with van der Waals surface area (Å²) in [6.07, 6.45) is 9.30. The lowest BCUT2D eigenvalue weighted by atomic mass is 10.1. The Hall–Kier alpha value is -1.20. The summed E-state index contributed by atoms with van der Waals surface area (Å²) in [6.45, 7) is 2.13. The monoisotopic (exact) mass is 351 g/mol. The molecule has 3 atom stereocenters. The molecule has 0 amide bonds. The van der Waals surface area contributed by atoms with E-state index in [2.05, 4.69) is 37.7 Å². The Morgan fingerprint density at radius 3 is 3.00 bits per heavy atom. The SMILES string of the molecule is CC(NC1CCCC1n1ccnc1)c1ccc(F)cc1Br. The van der Waals surface area contributed by atoms with Crippen LogP contribution in [0.1, 0.15) is 43.8 Å². The van der Waals surface area contributed by atoms with Crippen molar-refractivity contribution in [3.8, 4) is 0 Å². The van der Waals surface area contributed by atoms with Crippen molar-refractivity contribution in [2.24, 2.45) is 0 Å². The largest absolute Gasteiger partial charge is 0.333 e. The van der Waals surface area contributed by atoms with Crippen LogP contribution < -0.4 is 5.32 Å². The van der Waals surface area contributed by atoms with Gasteiger partial charge in [0.25, 0.3) is 0 Å². The van der Waals surface area contributed by atoms with E-state index < -0.39 is 0 Å². The third-order valence-corrected chi connectivity index (χ3v) is 4.97. The molecule has 1 heterocycles. The fourth-order valence-corrected chi connectivity index (χ4v) is 3.92. The average Bonchev–Trinajstić information content (AvgIpc) is 3.08. The fraction of sp³-hybridized carbons (Fsp3) is 0.438. The van der Waals surface area contributed by atoms with Gasteiger partial charge >= 0.3 is 0 Å². The van der Waals surface area contributed by atoms with Crippen LogP contribution in [0, 0.1) is 5.82 Å². The number of hydrogen-bond donors (Lipinski definition) is 1. The molecule has 0 aliphatic heterocycles. The zero-order valence-electron chi connectivity index (χ0n) is 12.0. The van der Waals surface area contributed by atoms with Gasteiger partial charge in [0.15, 0.2) is 0 Å². The molecule has 5 heteroatoms. The maximum absolute atomic E-state index is 13.2. The number of rotatable bonds is 4. The van der Waals surface area contributed by atoms with E-state index in [0.29, 0.717) is 12.1 Å². The molecule has 1 aromatic carbocycles. The van der Waals surface area contributed by atoms with Crippen molar-refractivity contribution in [2.75, 3.05) is 0 Å². The molecule has 1 fully saturated rings. The van der Waals surface area contributed by atoms with Gasteiger partial charge in [-0.05, 0) is 43.9 Å². The van der Waals surface area contributed by atoms with Crippen LogP contribution in [0.2, 0.25) is 0 Å². The molecule has 21 heavy (non-hydrogen) atoms. The number of aromatic nitrogens is 2. The molecular weight excluding hydrogens is 333 g/mol. The van der Waals surface area contributed by atoms with Gasteiger partial charge in [-0.15, -0.1) is 0 Å². The Morgan fingerprint density at radius 2 is 2.29 bits per heavy atom. The van der Waals surface area contributed by atoms with Gasteiger partial charge in [-0.25, -0.2) is 9.37 Å². The molecule has 112 valence electrons. The lowest BCUT2D eigenvalue weighted by molar-refractivity contribution is 0.362. The first kappa shape index (κ1) is 14.7. The molecular formula is C16H19BrFN3. The minimum atomic E-state index is -0.213. The van der Waals surface area contributed by atoms with E-state index in [1.54, 1.807) is 0 Å². The summed E-state index contributed by atoms with van der Waals surface area (Å²) >= 11 is 3.46. The highest BCUT2D eigenvalue weighted by atomic mass is 79.9. The summed E-state index contributed by atoms with van der Waals surface area (Å²) in [5, 5.41) is 3.69. The van der Waals surface area contributed by atoms with Crippen LogP contribution in [0.3, 0.4) is 0 Å². The van der Waals surface area contributed by atoms with E-state index in [9.17, 15) is 4.39 Å². The summed E-state index contributed by atoms with van der Waals surface area (Å²) in [7, 11) is 0. The molecule has 0 bridgehead atoms. The van der Waals surface area contributed by atoms with Gasteiger partial charge in [0.05, 0.1) is 6.33 Å². The van der Waals surface area contributed by atoms with Crippen molar-refractivity contribution in [2.45, 2.75) is 44.3 Å². The molecule has 0 radical (unpaired) electrons. The van der Waals surface area contributed by atoms with E-state index in [0.717, 1.165) is 16.5 Å². The zero-order chi connectivity index (χ0) is 14.8. The molecule has 2 aromatic rings. The Balaban J connectivity index is 1.73. The minimum absolute atomic E-state index is 0.175. The Kier molecular flexibility index (Phi) is 4.40. The van der Waals surface area contributed by atoms with Gasteiger partial charge in [0.1, 0.15) is 5.82 Å². The van der Waals surface area contributed by atoms with Gasteiger partial charge in [0.2, 0.25) is 0 Å². The average molecular weight is 352 g/mol. The van der Waals surface area contributed by atoms with Crippen molar-refractivity contribution >= 4 is 15.9 Å². The van der Waals surface area contributed by atoms with Crippen molar-refractivity contribution in [3.63, 3.8) is 0 Å². The maximum Gasteiger partial charge on any atom is 0.124 e. The molecule has 1 aliphatic rings. The second kappa shape index (κ2) is 6.28. The van der Waals surface area contributed by atoms with E-state index in [1.165, 1.54) is 25.0 Å². The third-order valence-electron chi connectivity index (χ3n) is 4.28. The quantitative estimate of drug-likeness (QED) is 0.893. The number of benzene rings is 1. The van der Waals surface area contributed by atoms with Crippen molar-refractivity contribution < 1.29 is 4.39 Å². The highest BCUT2D eigenvalue weighted by Gasteiger charge is 2.29. The maximum atomic E-state index is 13.2. The van der Waals surface area contributed by atoms with Gasteiger partial charge in [0, 0.05) is 35.0 Å². The molecule has 0 spiro atoms. The molecule has 3 nitrogen and oxygen atoms in total. The van der Waals surface area contributed by atoms with Gasteiger partial charge in [-0.2, -0.15) is 0 Å². The highest BCUT2D eigenvalue weighted by Crippen LogP contribution is 2.33. The summed E-state index contributed by atoms with van der Waals surface area (Å²) < 4.78 is 16.2. The lowest BCUT2D eigenvalue weighted by Gasteiger charge is -2.26. The summed E-state index contributed by atoms with van der Waals surface area (Å²) in [4.78, 5) is 4.15. The van der Waals surface area contributed by atoms with Gasteiger partial charge in [-0.1, -0.05) is 22.0 Å². The smallest absolute Gasteiger partial charge is 0.124 e. The van der Waals surface area contributed by atoms with Crippen LogP contribution in [0.15, 0.2) is 41.4 Å².